The standard InChI is InChI=1S/C10H20N2O4/c1-7(2)8(16-10(11)14)9(13)12-3-5-15-6-4-12/h7-9,13H,3-6H2,1-2H3,(H2,11,14)/t8-,9-/m0/s1. The van der Waals surface area contributed by atoms with E-state index in [9.17, 15) is 9.90 Å². The summed E-state index contributed by atoms with van der Waals surface area (Å²) in [5.74, 6) is 0.00495. The summed E-state index contributed by atoms with van der Waals surface area (Å²) in [4.78, 5) is 12.6. The molecule has 6 heteroatoms. The van der Waals surface area contributed by atoms with Crippen molar-refractivity contribution < 1.29 is 19.4 Å². The van der Waals surface area contributed by atoms with Gasteiger partial charge in [0.1, 0.15) is 12.3 Å². The van der Waals surface area contributed by atoms with Crippen LogP contribution in [0.25, 0.3) is 0 Å². The van der Waals surface area contributed by atoms with E-state index in [1.807, 2.05) is 18.7 Å². The average Bonchev–Trinajstić information content (AvgIpc) is 2.25. The number of aliphatic hydroxyl groups is 1. The van der Waals surface area contributed by atoms with Gasteiger partial charge in [0, 0.05) is 13.1 Å². The van der Waals surface area contributed by atoms with Crippen LogP contribution >= 0.6 is 0 Å². The van der Waals surface area contributed by atoms with Crippen LogP contribution < -0.4 is 5.73 Å². The van der Waals surface area contributed by atoms with Crippen molar-refractivity contribution in [2.45, 2.75) is 26.2 Å². The summed E-state index contributed by atoms with van der Waals surface area (Å²) in [5, 5.41) is 10.1. The highest BCUT2D eigenvalue weighted by Crippen LogP contribution is 2.15. The number of primary amides is 1. The van der Waals surface area contributed by atoms with Gasteiger partial charge >= 0.3 is 6.09 Å². The molecule has 1 aliphatic heterocycles. The molecule has 0 aromatic rings. The number of amides is 1. The van der Waals surface area contributed by atoms with E-state index >= 15 is 0 Å². The zero-order valence-electron chi connectivity index (χ0n) is 9.76. The molecule has 0 aromatic heterocycles. The molecule has 1 amide bonds. The van der Waals surface area contributed by atoms with E-state index in [-0.39, 0.29) is 5.92 Å². The molecule has 1 aliphatic rings. The maximum absolute atomic E-state index is 10.7. The Morgan fingerprint density at radius 2 is 2.00 bits per heavy atom. The van der Waals surface area contributed by atoms with Crippen LogP contribution in [0.1, 0.15) is 13.8 Å². The van der Waals surface area contributed by atoms with Crippen molar-refractivity contribution in [1.82, 2.24) is 4.90 Å². The lowest BCUT2D eigenvalue weighted by Gasteiger charge is -2.36. The largest absolute Gasteiger partial charge is 0.442 e. The molecule has 1 heterocycles. The molecule has 0 radical (unpaired) electrons. The van der Waals surface area contributed by atoms with E-state index in [1.54, 1.807) is 0 Å². The van der Waals surface area contributed by atoms with Crippen LogP contribution in [0.15, 0.2) is 0 Å². The quantitative estimate of drug-likeness (QED) is 0.698. The maximum Gasteiger partial charge on any atom is 0.404 e. The summed E-state index contributed by atoms with van der Waals surface area (Å²) >= 11 is 0. The van der Waals surface area contributed by atoms with Crippen LogP contribution in [0.4, 0.5) is 4.79 Å². The topological polar surface area (TPSA) is 85.0 Å². The molecule has 16 heavy (non-hydrogen) atoms. The fourth-order valence-corrected chi connectivity index (χ4v) is 1.73. The normalized spacial score (nSPS) is 21.8. The molecule has 94 valence electrons. The zero-order chi connectivity index (χ0) is 12.1. The van der Waals surface area contributed by atoms with Crippen molar-refractivity contribution >= 4 is 6.09 Å². The average molecular weight is 232 g/mol. The van der Waals surface area contributed by atoms with Gasteiger partial charge < -0.3 is 20.3 Å². The summed E-state index contributed by atoms with van der Waals surface area (Å²) in [5.41, 5.74) is 4.98. The van der Waals surface area contributed by atoms with E-state index in [4.69, 9.17) is 15.2 Å². The number of aliphatic hydroxyl groups excluding tert-OH is 1. The molecular formula is C10H20N2O4. The monoisotopic (exact) mass is 232 g/mol. The summed E-state index contributed by atoms with van der Waals surface area (Å²) in [6, 6.07) is 0. The summed E-state index contributed by atoms with van der Waals surface area (Å²) < 4.78 is 10.1. The Bertz CT molecular complexity index is 229. The highest BCUT2D eigenvalue weighted by atomic mass is 16.6. The number of rotatable bonds is 4. The first-order valence-corrected chi connectivity index (χ1v) is 5.48. The van der Waals surface area contributed by atoms with Gasteiger partial charge in [-0.3, -0.25) is 4.90 Å². The number of hydrogen-bond donors (Lipinski definition) is 2. The van der Waals surface area contributed by atoms with Crippen LogP contribution in [0.5, 0.6) is 0 Å². The van der Waals surface area contributed by atoms with Gasteiger partial charge in [0.2, 0.25) is 0 Å². The molecule has 0 saturated carbocycles. The number of morpholine rings is 1. The first kappa shape index (κ1) is 13.2. The number of carbonyl (C=O) groups is 1. The lowest BCUT2D eigenvalue weighted by atomic mass is 10.0. The van der Waals surface area contributed by atoms with Gasteiger partial charge in [-0.15, -0.1) is 0 Å². The molecule has 1 fully saturated rings. The minimum atomic E-state index is -0.856. The Kier molecular flexibility index (Phi) is 4.98. The third kappa shape index (κ3) is 3.62. The highest BCUT2D eigenvalue weighted by molar-refractivity contribution is 5.64. The number of hydrogen-bond acceptors (Lipinski definition) is 5. The molecule has 0 spiro atoms. The van der Waals surface area contributed by atoms with Crippen LogP contribution in [0.2, 0.25) is 0 Å². The van der Waals surface area contributed by atoms with Gasteiger partial charge in [-0.2, -0.15) is 0 Å². The highest BCUT2D eigenvalue weighted by Gasteiger charge is 2.31. The summed E-state index contributed by atoms with van der Waals surface area (Å²) in [6.07, 6.45) is -2.28. The number of nitrogens with two attached hydrogens (primary N) is 1. The van der Waals surface area contributed by atoms with E-state index in [0.717, 1.165) is 0 Å². The second-order valence-corrected chi connectivity index (χ2v) is 4.21. The molecule has 0 unspecified atom stereocenters. The van der Waals surface area contributed by atoms with E-state index in [2.05, 4.69) is 0 Å². The van der Waals surface area contributed by atoms with Gasteiger partial charge in [-0.1, -0.05) is 13.8 Å². The summed E-state index contributed by atoms with van der Waals surface area (Å²) in [6.45, 7) is 6.17. The predicted molar refractivity (Wildman–Crippen MR) is 57.7 cm³/mol. The second-order valence-electron chi connectivity index (χ2n) is 4.21. The Hall–Kier alpha value is -0.850. The van der Waals surface area contributed by atoms with Crippen molar-refractivity contribution in [3.05, 3.63) is 0 Å². The smallest absolute Gasteiger partial charge is 0.404 e. The van der Waals surface area contributed by atoms with Crippen LogP contribution in [-0.4, -0.2) is 54.7 Å². The summed E-state index contributed by atoms with van der Waals surface area (Å²) in [7, 11) is 0. The van der Waals surface area contributed by atoms with Gasteiger partial charge in [-0.05, 0) is 5.92 Å². The molecule has 0 bridgehead atoms. The first-order valence-electron chi connectivity index (χ1n) is 5.48. The van der Waals surface area contributed by atoms with Crippen molar-refractivity contribution in [2.75, 3.05) is 26.3 Å². The van der Waals surface area contributed by atoms with Crippen molar-refractivity contribution in [3.8, 4) is 0 Å². The van der Waals surface area contributed by atoms with E-state index < -0.39 is 18.4 Å². The first-order chi connectivity index (χ1) is 7.52. The zero-order valence-corrected chi connectivity index (χ0v) is 9.76. The number of carbonyl (C=O) groups excluding carboxylic acids is 1. The minimum Gasteiger partial charge on any atom is -0.442 e. The van der Waals surface area contributed by atoms with Gasteiger partial charge in [0.25, 0.3) is 0 Å². The molecule has 0 aliphatic carbocycles. The molecule has 3 N–H and O–H groups in total. The Labute approximate surface area is 95.3 Å². The van der Waals surface area contributed by atoms with Crippen molar-refractivity contribution in [2.24, 2.45) is 11.7 Å². The molecule has 2 atom stereocenters. The lowest BCUT2D eigenvalue weighted by Crippen LogP contribution is -2.52. The Morgan fingerprint density at radius 3 is 2.44 bits per heavy atom. The second kappa shape index (κ2) is 6.03. The van der Waals surface area contributed by atoms with Gasteiger partial charge in [0.15, 0.2) is 0 Å². The number of nitrogens with zero attached hydrogens (tertiary/aromatic N) is 1. The Morgan fingerprint density at radius 1 is 1.44 bits per heavy atom. The third-order valence-electron chi connectivity index (χ3n) is 2.62. The molecule has 6 nitrogen and oxygen atoms in total. The molecule has 0 aromatic carbocycles. The SMILES string of the molecule is CC(C)[C@H](OC(N)=O)[C@H](O)N1CCOCC1. The van der Waals surface area contributed by atoms with Crippen LogP contribution in [0, 0.1) is 5.92 Å². The van der Waals surface area contributed by atoms with Crippen molar-refractivity contribution in [3.63, 3.8) is 0 Å². The Balaban J connectivity index is 2.57. The third-order valence-corrected chi connectivity index (χ3v) is 2.62. The van der Waals surface area contributed by atoms with Gasteiger partial charge in [-0.25, -0.2) is 4.79 Å². The molecule has 1 saturated heterocycles. The van der Waals surface area contributed by atoms with Crippen molar-refractivity contribution in [1.29, 1.82) is 0 Å². The maximum atomic E-state index is 10.7. The fraction of sp³-hybridized carbons (Fsp3) is 0.900. The molecule has 1 rings (SSSR count). The number of ether oxygens (including phenoxy) is 2. The van der Waals surface area contributed by atoms with Gasteiger partial charge in [0.05, 0.1) is 13.2 Å². The molecular weight excluding hydrogens is 212 g/mol. The van der Waals surface area contributed by atoms with E-state index in [1.165, 1.54) is 0 Å². The predicted octanol–water partition coefficient (Wildman–Crippen LogP) is -0.243. The van der Waals surface area contributed by atoms with E-state index in [0.29, 0.717) is 26.3 Å². The van der Waals surface area contributed by atoms with Crippen LogP contribution in [-0.2, 0) is 9.47 Å². The van der Waals surface area contributed by atoms with Crippen LogP contribution in [0.3, 0.4) is 0 Å². The lowest BCUT2D eigenvalue weighted by molar-refractivity contribution is -0.126. The fourth-order valence-electron chi connectivity index (χ4n) is 1.73. The minimum absolute atomic E-state index is 0.00495.